The van der Waals surface area contributed by atoms with Crippen LogP contribution in [0.3, 0.4) is 0 Å². The van der Waals surface area contributed by atoms with Gasteiger partial charge in [0.25, 0.3) is 5.91 Å². The summed E-state index contributed by atoms with van der Waals surface area (Å²) in [5.41, 5.74) is 4.49. The van der Waals surface area contributed by atoms with Gasteiger partial charge in [-0.15, -0.1) is 11.3 Å². The molecule has 3 heterocycles. The Morgan fingerprint density at radius 2 is 1.81 bits per heavy atom. The zero-order chi connectivity index (χ0) is 22.1. The summed E-state index contributed by atoms with van der Waals surface area (Å²) in [6.45, 7) is 8.66. The Bertz CT molecular complexity index is 1110. The normalized spacial score (nSPS) is 14.8. The molecule has 0 aliphatic carbocycles. The highest BCUT2D eigenvalue weighted by Gasteiger charge is 2.27. The summed E-state index contributed by atoms with van der Waals surface area (Å²) < 4.78 is 13.1. The number of amides is 1. The van der Waals surface area contributed by atoms with Gasteiger partial charge in [0, 0.05) is 54.9 Å². The summed E-state index contributed by atoms with van der Waals surface area (Å²) in [6.07, 6.45) is 0. The SMILES string of the molecule is CC(=O)c1c(C)[nH]c(C(=O)N2CCN(Cc3csc(-c4ccc(F)cc4)n3)CC2)c1C. The molecule has 0 atom stereocenters. The number of halogens is 1. The first-order valence-electron chi connectivity index (χ1n) is 10.3. The van der Waals surface area contributed by atoms with Crippen molar-refractivity contribution >= 4 is 23.0 Å². The lowest BCUT2D eigenvalue weighted by Gasteiger charge is -2.34. The van der Waals surface area contributed by atoms with Crippen LogP contribution in [0.5, 0.6) is 0 Å². The Hall–Kier alpha value is -2.84. The molecule has 0 spiro atoms. The fraction of sp³-hybridized carbons (Fsp3) is 0.348. The maximum absolute atomic E-state index is 13.1. The Morgan fingerprint density at radius 1 is 1.13 bits per heavy atom. The highest BCUT2D eigenvalue weighted by atomic mass is 32.1. The summed E-state index contributed by atoms with van der Waals surface area (Å²) in [6, 6.07) is 6.37. The zero-order valence-electron chi connectivity index (χ0n) is 17.9. The van der Waals surface area contributed by atoms with Gasteiger partial charge in [-0.1, -0.05) is 0 Å². The van der Waals surface area contributed by atoms with Gasteiger partial charge in [0.05, 0.1) is 5.69 Å². The number of carbonyl (C=O) groups excluding carboxylic acids is 2. The molecular formula is C23H25FN4O2S. The first-order valence-corrected chi connectivity index (χ1v) is 11.1. The van der Waals surface area contributed by atoms with Crippen LogP contribution < -0.4 is 0 Å². The second-order valence-corrected chi connectivity index (χ2v) is 8.76. The second kappa shape index (κ2) is 8.72. The summed E-state index contributed by atoms with van der Waals surface area (Å²) in [7, 11) is 0. The smallest absolute Gasteiger partial charge is 0.270 e. The number of Topliss-reactive ketones (excluding diaryl/α,β-unsaturated/α-hetero) is 1. The molecule has 2 aromatic heterocycles. The molecule has 0 bridgehead atoms. The maximum atomic E-state index is 13.1. The van der Waals surface area contributed by atoms with Crippen molar-refractivity contribution in [2.45, 2.75) is 27.3 Å². The molecular weight excluding hydrogens is 415 g/mol. The van der Waals surface area contributed by atoms with Crippen LogP contribution in [0.15, 0.2) is 29.6 Å². The highest BCUT2D eigenvalue weighted by molar-refractivity contribution is 7.13. The summed E-state index contributed by atoms with van der Waals surface area (Å²) in [5.74, 6) is -0.339. The number of nitrogens with one attached hydrogen (secondary N) is 1. The second-order valence-electron chi connectivity index (χ2n) is 7.90. The first kappa shape index (κ1) is 21.4. The van der Waals surface area contributed by atoms with E-state index in [1.807, 2.05) is 24.1 Å². The zero-order valence-corrected chi connectivity index (χ0v) is 18.7. The fourth-order valence-electron chi connectivity index (χ4n) is 4.09. The molecule has 1 N–H and O–H groups in total. The molecule has 1 amide bonds. The highest BCUT2D eigenvalue weighted by Crippen LogP contribution is 2.25. The number of aryl methyl sites for hydroxylation is 1. The average molecular weight is 441 g/mol. The number of piperazine rings is 1. The Kier molecular flexibility index (Phi) is 6.02. The third kappa shape index (κ3) is 4.45. The van der Waals surface area contributed by atoms with Crippen LogP contribution in [0.4, 0.5) is 4.39 Å². The van der Waals surface area contributed by atoms with Crippen molar-refractivity contribution in [1.82, 2.24) is 19.8 Å². The van der Waals surface area contributed by atoms with Crippen molar-refractivity contribution in [3.05, 3.63) is 63.7 Å². The molecule has 1 saturated heterocycles. The van der Waals surface area contributed by atoms with E-state index >= 15 is 0 Å². The third-order valence-corrected chi connectivity index (χ3v) is 6.63. The number of thiazole rings is 1. The topological polar surface area (TPSA) is 69.3 Å². The summed E-state index contributed by atoms with van der Waals surface area (Å²) in [5, 5.41) is 2.91. The van der Waals surface area contributed by atoms with E-state index in [0.717, 1.165) is 47.2 Å². The largest absolute Gasteiger partial charge is 0.354 e. The van der Waals surface area contributed by atoms with Gasteiger partial charge in [0.1, 0.15) is 16.5 Å². The van der Waals surface area contributed by atoms with E-state index in [0.29, 0.717) is 24.3 Å². The number of rotatable bonds is 5. The fourth-order valence-corrected chi connectivity index (χ4v) is 4.91. The predicted octanol–water partition coefficient (Wildman–Crippen LogP) is 4.05. The average Bonchev–Trinajstić information content (AvgIpc) is 3.32. The van der Waals surface area contributed by atoms with Crippen LogP contribution >= 0.6 is 11.3 Å². The minimum Gasteiger partial charge on any atom is -0.354 e. The number of aromatic nitrogens is 2. The summed E-state index contributed by atoms with van der Waals surface area (Å²) >= 11 is 1.55. The lowest BCUT2D eigenvalue weighted by molar-refractivity contribution is 0.0621. The van der Waals surface area contributed by atoms with Crippen LogP contribution in [0.25, 0.3) is 10.6 Å². The maximum Gasteiger partial charge on any atom is 0.270 e. The molecule has 162 valence electrons. The van der Waals surface area contributed by atoms with E-state index in [9.17, 15) is 14.0 Å². The van der Waals surface area contributed by atoms with Gasteiger partial charge in [0.15, 0.2) is 5.78 Å². The van der Waals surface area contributed by atoms with Crippen LogP contribution in [0, 0.1) is 19.7 Å². The minimum atomic E-state index is -0.254. The molecule has 8 heteroatoms. The number of benzene rings is 1. The van der Waals surface area contributed by atoms with E-state index in [-0.39, 0.29) is 17.5 Å². The molecule has 6 nitrogen and oxygen atoms in total. The van der Waals surface area contributed by atoms with Gasteiger partial charge in [-0.2, -0.15) is 0 Å². The monoisotopic (exact) mass is 440 g/mol. The predicted molar refractivity (Wildman–Crippen MR) is 119 cm³/mol. The van der Waals surface area contributed by atoms with E-state index in [2.05, 4.69) is 14.9 Å². The van der Waals surface area contributed by atoms with Gasteiger partial charge in [-0.25, -0.2) is 9.37 Å². The number of H-pyrrole nitrogens is 1. The van der Waals surface area contributed by atoms with Crippen molar-refractivity contribution in [3.63, 3.8) is 0 Å². The lowest BCUT2D eigenvalue weighted by atomic mass is 10.1. The van der Waals surface area contributed by atoms with Crippen molar-refractivity contribution in [3.8, 4) is 10.6 Å². The molecule has 1 aromatic carbocycles. The molecule has 3 aromatic rings. The molecule has 1 aliphatic heterocycles. The molecule has 1 aliphatic rings. The summed E-state index contributed by atoms with van der Waals surface area (Å²) in [4.78, 5) is 36.7. The number of nitrogens with zero attached hydrogens (tertiary/aromatic N) is 3. The molecule has 0 saturated carbocycles. The van der Waals surface area contributed by atoms with Gasteiger partial charge >= 0.3 is 0 Å². The van der Waals surface area contributed by atoms with Crippen molar-refractivity contribution in [2.75, 3.05) is 26.2 Å². The standard InChI is InChI=1S/C23H25FN4O2S/c1-14-20(16(3)29)15(2)25-21(14)23(30)28-10-8-27(9-11-28)12-19-13-31-22(26-19)17-4-6-18(24)7-5-17/h4-7,13,25H,8-12H2,1-3H3. The van der Waals surface area contributed by atoms with Gasteiger partial charge in [-0.05, 0) is 50.6 Å². The van der Waals surface area contributed by atoms with Crippen molar-refractivity contribution < 1.29 is 14.0 Å². The molecule has 31 heavy (non-hydrogen) atoms. The van der Waals surface area contributed by atoms with Crippen molar-refractivity contribution in [2.24, 2.45) is 0 Å². The van der Waals surface area contributed by atoms with E-state index in [1.54, 1.807) is 23.5 Å². The van der Waals surface area contributed by atoms with E-state index in [4.69, 9.17) is 0 Å². The quantitative estimate of drug-likeness (QED) is 0.608. The van der Waals surface area contributed by atoms with Crippen molar-refractivity contribution in [1.29, 1.82) is 0 Å². The number of carbonyl (C=O) groups is 2. The number of hydrogen-bond acceptors (Lipinski definition) is 5. The Labute approximate surface area is 184 Å². The molecule has 1 fully saturated rings. The van der Waals surface area contributed by atoms with E-state index < -0.39 is 0 Å². The molecule has 4 rings (SSSR count). The third-order valence-electron chi connectivity index (χ3n) is 5.69. The van der Waals surface area contributed by atoms with Gasteiger partial charge in [-0.3, -0.25) is 14.5 Å². The lowest BCUT2D eigenvalue weighted by Crippen LogP contribution is -2.48. The number of ketones is 1. The first-order chi connectivity index (χ1) is 14.8. The van der Waals surface area contributed by atoms with E-state index in [1.165, 1.54) is 19.1 Å². The number of hydrogen-bond donors (Lipinski definition) is 1. The molecule has 0 unspecified atom stereocenters. The Balaban J connectivity index is 1.36. The minimum absolute atomic E-state index is 0.0293. The number of aromatic amines is 1. The van der Waals surface area contributed by atoms with Crippen LogP contribution in [0.1, 0.15) is 44.7 Å². The van der Waals surface area contributed by atoms with Gasteiger partial charge < -0.3 is 9.88 Å². The van der Waals surface area contributed by atoms with Crippen LogP contribution in [-0.2, 0) is 6.54 Å². The van der Waals surface area contributed by atoms with Crippen LogP contribution in [0.2, 0.25) is 0 Å². The van der Waals surface area contributed by atoms with Gasteiger partial charge in [0.2, 0.25) is 0 Å². The van der Waals surface area contributed by atoms with Crippen LogP contribution in [-0.4, -0.2) is 57.6 Å². The Morgan fingerprint density at radius 3 is 2.42 bits per heavy atom. The molecule has 0 radical (unpaired) electrons.